The van der Waals surface area contributed by atoms with Crippen molar-refractivity contribution in [3.05, 3.63) is 69.8 Å². The number of para-hydroxylation sites is 1. The van der Waals surface area contributed by atoms with Crippen LogP contribution in [-0.4, -0.2) is 40.7 Å². The number of non-ortho nitro benzene ring substituents is 1. The fourth-order valence-electron chi connectivity index (χ4n) is 2.15. The van der Waals surface area contributed by atoms with Crippen molar-refractivity contribution in [1.29, 1.82) is 0 Å². The van der Waals surface area contributed by atoms with E-state index in [0.717, 1.165) is 29.8 Å². The highest BCUT2D eigenvalue weighted by molar-refractivity contribution is 6.27. The number of nitro groups is 1. The second-order valence-corrected chi connectivity index (χ2v) is 5.28. The zero-order valence-corrected chi connectivity index (χ0v) is 14.6. The Morgan fingerprint density at radius 3 is 2.37 bits per heavy atom. The van der Waals surface area contributed by atoms with E-state index in [1.807, 2.05) is 30.3 Å². The van der Waals surface area contributed by atoms with Crippen molar-refractivity contribution in [2.24, 2.45) is 0 Å². The van der Waals surface area contributed by atoms with Gasteiger partial charge in [0.15, 0.2) is 0 Å². The van der Waals surface area contributed by atoms with Crippen LogP contribution >= 0.6 is 0 Å². The maximum absolute atomic E-state index is 10.7. The SMILES string of the molecule is COc1ccccc1CCNCc1cccc([N+](=O)[O-])c1.O=C(O)C(=O)O. The highest BCUT2D eigenvalue weighted by Crippen LogP contribution is 2.17. The third-order valence-electron chi connectivity index (χ3n) is 3.40. The van der Waals surface area contributed by atoms with Crippen LogP contribution < -0.4 is 10.1 Å². The molecular weight excluding hydrogens is 356 g/mol. The van der Waals surface area contributed by atoms with Gasteiger partial charge in [-0.15, -0.1) is 0 Å². The lowest BCUT2D eigenvalue weighted by Crippen LogP contribution is -2.17. The third kappa shape index (κ3) is 7.97. The summed E-state index contributed by atoms with van der Waals surface area (Å²) in [6, 6.07) is 14.6. The number of aliphatic carboxylic acids is 2. The molecule has 2 rings (SSSR count). The second kappa shape index (κ2) is 11.2. The van der Waals surface area contributed by atoms with E-state index in [9.17, 15) is 10.1 Å². The number of nitrogens with zero attached hydrogens (tertiary/aromatic N) is 1. The van der Waals surface area contributed by atoms with Crippen LogP contribution in [0, 0.1) is 10.1 Å². The van der Waals surface area contributed by atoms with Gasteiger partial charge in [0.1, 0.15) is 5.75 Å². The number of carboxylic acid groups (broad SMARTS) is 2. The molecular formula is C18H20N2O7. The van der Waals surface area contributed by atoms with Gasteiger partial charge in [-0.05, 0) is 30.2 Å². The summed E-state index contributed by atoms with van der Waals surface area (Å²) in [5.74, 6) is -2.76. The molecule has 0 heterocycles. The normalized spacial score (nSPS) is 9.67. The van der Waals surface area contributed by atoms with Gasteiger partial charge in [0, 0.05) is 18.7 Å². The Bertz CT molecular complexity index is 781. The maximum atomic E-state index is 10.7. The molecule has 144 valence electrons. The molecule has 0 fully saturated rings. The lowest BCUT2D eigenvalue weighted by atomic mass is 10.1. The van der Waals surface area contributed by atoms with Gasteiger partial charge < -0.3 is 20.3 Å². The number of nitrogens with one attached hydrogen (secondary N) is 1. The lowest BCUT2D eigenvalue weighted by Gasteiger charge is -2.09. The molecule has 0 atom stereocenters. The molecule has 2 aromatic rings. The topological polar surface area (TPSA) is 139 Å². The van der Waals surface area contributed by atoms with E-state index in [0.29, 0.717) is 6.54 Å². The highest BCUT2D eigenvalue weighted by Gasteiger charge is 2.06. The van der Waals surface area contributed by atoms with E-state index in [2.05, 4.69) is 5.32 Å². The van der Waals surface area contributed by atoms with Crippen molar-refractivity contribution in [3.63, 3.8) is 0 Å². The summed E-state index contributed by atoms with van der Waals surface area (Å²) in [5.41, 5.74) is 2.18. The van der Waals surface area contributed by atoms with Gasteiger partial charge in [-0.25, -0.2) is 9.59 Å². The smallest absolute Gasteiger partial charge is 0.414 e. The van der Waals surface area contributed by atoms with Crippen LogP contribution in [0.4, 0.5) is 5.69 Å². The Balaban J connectivity index is 0.000000527. The van der Waals surface area contributed by atoms with Gasteiger partial charge in [0.05, 0.1) is 12.0 Å². The molecule has 0 aliphatic carbocycles. The molecule has 0 aromatic heterocycles. The molecule has 3 N–H and O–H groups in total. The van der Waals surface area contributed by atoms with Gasteiger partial charge in [-0.2, -0.15) is 0 Å². The van der Waals surface area contributed by atoms with Gasteiger partial charge in [-0.1, -0.05) is 30.3 Å². The fraction of sp³-hybridized carbons (Fsp3) is 0.222. The number of nitro benzene ring substituents is 1. The average Bonchev–Trinajstić information content (AvgIpc) is 2.66. The molecule has 0 radical (unpaired) electrons. The summed E-state index contributed by atoms with van der Waals surface area (Å²) in [6.07, 6.45) is 0.846. The molecule has 0 saturated heterocycles. The van der Waals surface area contributed by atoms with E-state index in [1.54, 1.807) is 19.2 Å². The summed E-state index contributed by atoms with van der Waals surface area (Å²) in [7, 11) is 1.66. The average molecular weight is 376 g/mol. The van der Waals surface area contributed by atoms with Gasteiger partial charge in [-0.3, -0.25) is 10.1 Å². The first-order valence-electron chi connectivity index (χ1n) is 7.87. The van der Waals surface area contributed by atoms with Crippen LogP contribution in [0.1, 0.15) is 11.1 Å². The van der Waals surface area contributed by atoms with Crippen molar-refractivity contribution in [2.75, 3.05) is 13.7 Å². The van der Waals surface area contributed by atoms with E-state index < -0.39 is 11.9 Å². The van der Waals surface area contributed by atoms with Gasteiger partial charge in [0.25, 0.3) is 5.69 Å². The quantitative estimate of drug-likeness (QED) is 0.289. The summed E-state index contributed by atoms with van der Waals surface area (Å²) in [5, 5.41) is 28.8. The lowest BCUT2D eigenvalue weighted by molar-refractivity contribution is -0.384. The van der Waals surface area contributed by atoms with Crippen molar-refractivity contribution in [1.82, 2.24) is 5.32 Å². The Labute approximate surface area is 155 Å². The first kappa shape index (κ1) is 21.6. The molecule has 0 unspecified atom stereocenters. The van der Waals surface area contributed by atoms with E-state index in [1.165, 1.54) is 6.07 Å². The Hall–Kier alpha value is -3.46. The van der Waals surface area contributed by atoms with Crippen LogP contribution in [-0.2, 0) is 22.6 Å². The Morgan fingerprint density at radius 2 is 1.78 bits per heavy atom. The number of methoxy groups -OCH3 is 1. The van der Waals surface area contributed by atoms with Crippen molar-refractivity contribution in [3.8, 4) is 5.75 Å². The summed E-state index contributed by atoms with van der Waals surface area (Å²) >= 11 is 0. The Morgan fingerprint density at radius 1 is 1.11 bits per heavy atom. The molecule has 0 aliphatic rings. The minimum Gasteiger partial charge on any atom is -0.496 e. The van der Waals surface area contributed by atoms with Crippen LogP contribution in [0.3, 0.4) is 0 Å². The molecule has 2 aromatic carbocycles. The molecule has 27 heavy (non-hydrogen) atoms. The zero-order valence-electron chi connectivity index (χ0n) is 14.6. The first-order chi connectivity index (χ1) is 12.8. The summed E-state index contributed by atoms with van der Waals surface area (Å²) in [6.45, 7) is 1.39. The number of ether oxygens (including phenoxy) is 1. The van der Waals surface area contributed by atoms with Gasteiger partial charge in [0.2, 0.25) is 0 Å². The monoisotopic (exact) mass is 376 g/mol. The summed E-state index contributed by atoms with van der Waals surface area (Å²) < 4.78 is 5.30. The maximum Gasteiger partial charge on any atom is 0.414 e. The molecule has 0 saturated carbocycles. The molecule has 9 heteroatoms. The number of hydrogen-bond acceptors (Lipinski definition) is 6. The van der Waals surface area contributed by atoms with E-state index in [-0.39, 0.29) is 10.6 Å². The number of carboxylic acids is 2. The Kier molecular flexibility index (Phi) is 8.96. The zero-order chi connectivity index (χ0) is 20.2. The molecule has 0 bridgehead atoms. The largest absolute Gasteiger partial charge is 0.496 e. The predicted molar refractivity (Wildman–Crippen MR) is 96.8 cm³/mol. The van der Waals surface area contributed by atoms with Crippen LogP contribution in [0.15, 0.2) is 48.5 Å². The van der Waals surface area contributed by atoms with Crippen molar-refractivity contribution < 1.29 is 29.5 Å². The highest BCUT2D eigenvalue weighted by atomic mass is 16.6. The molecule has 0 amide bonds. The predicted octanol–water partition coefficient (Wildman–Crippen LogP) is 2.09. The van der Waals surface area contributed by atoms with Crippen LogP contribution in [0.2, 0.25) is 0 Å². The minimum absolute atomic E-state index is 0.124. The summed E-state index contributed by atoms with van der Waals surface area (Å²) in [4.78, 5) is 28.5. The van der Waals surface area contributed by atoms with Crippen molar-refractivity contribution >= 4 is 17.6 Å². The number of rotatable bonds is 7. The number of benzene rings is 2. The van der Waals surface area contributed by atoms with Crippen molar-refractivity contribution in [2.45, 2.75) is 13.0 Å². The van der Waals surface area contributed by atoms with Crippen LogP contribution in [0.25, 0.3) is 0 Å². The van der Waals surface area contributed by atoms with Gasteiger partial charge >= 0.3 is 11.9 Å². The number of carbonyl (C=O) groups is 2. The molecule has 0 spiro atoms. The van der Waals surface area contributed by atoms with E-state index >= 15 is 0 Å². The second-order valence-electron chi connectivity index (χ2n) is 5.28. The minimum atomic E-state index is -1.82. The first-order valence-corrected chi connectivity index (χ1v) is 7.87. The third-order valence-corrected chi connectivity index (χ3v) is 3.40. The molecule has 9 nitrogen and oxygen atoms in total. The van der Waals surface area contributed by atoms with Crippen LogP contribution in [0.5, 0.6) is 5.75 Å². The fourth-order valence-corrected chi connectivity index (χ4v) is 2.15. The standard InChI is InChI=1S/C16H18N2O3.C2H2O4/c1-21-16-8-3-2-6-14(16)9-10-17-12-13-5-4-7-15(11-13)18(19)20;3-1(4)2(5)6/h2-8,11,17H,9-10,12H2,1H3;(H,3,4)(H,5,6). The van der Waals surface area contributed by atoms with E-state index in [4.69, 9.17) is 24.5 Å². The number of hydrogen-bond donors (Lipinski definition) is 3. The molecule has 0 aliphatic heterocycles.